The van der Waals surface area contributed by atoms with E-state index in [1.807, 2.05) is 0 Å². The zero-order chi connectivity index (χ0) is 12.3. The summed E-state index contributed by atoms with van der Waals surface area (Å²) < 4.78 is 54.1. The molecule has 0 radical (unpaired) electrons. The Hall–Kier alpha value is -1.43. The molecule has 0 aliphatic heterocycles. The lowest BCUT2D eigenvalue weighted by atomic mass is 10.1. The Kier molecular flexibility index (Phi) is 3.64. The number of halogens is 4. The number of carbonyl (C=O) groups is 1. The lowest BCUT2D eigenvalue weighted by molar-refractivity contribution is -0.140. The number of benzene rings is 1. The van der Waals surface area contributed by atoms with Crippen LogP contribution in [0.25, 0.3) is 0 Å². The van der Waals surface area contributed by atoms with E-state index in [0.29, 0.717) is 12.1 Å². The molecule has 0 bridgehead atoms. The van der Waals surface area contributed by atoms with Crippen molar-refractivity contribution in [3.05, 3.63) is 35.1 Å². The van der Waals surface area contributed by atoms with Gasteiger partial charge in [-0.2, -0.15) is 13.2 Å². The smallest absolute Gasteiger partial charge is 0.377 e. The monoisotopic (exact) mass is 236 g/mol. The molecule has 0 fully saturated rings. The van der Waals surface area contributed by atoms with Gasteiger partial charge in [-0.15, -0.1) is 0 Å². The normalized spacial score (nSPS) is 11.6. The number of alkyl halides is 3. The molecule has 0 aliphatic carbocycles. The van der Waals surface area contributed by atoms with E-state index in [2.05, 4.69) is 4.74 Å². The van der Waals surface area contributed by atoms with Gasteiger partial charge in [0.25, 0.3) is 0 Å². The van der Waals surface area contributed by atoms with Crippen LogP contribution in [0.5, 0.6) is 0 Å². The van der Waals surface area contributed by atoms with Crippen molar-refractivity contribution in [2.45, 2.75) is 6.18 Å². The van der Waals surface area contributed by atoms with Crippen molar-refractivity contribution in [3.8, 4) is 0 Å². The van der Waals surface area contributed by atoms with Gasteiger partial charge >= 0.3 is 6.18 Å². The zero-order valence-corrected chi connectivity index (χ0v) is 8.27. The van der Waals surface area contributed by atoms with E-state index in [9.17, 15) is 22.4 Å². The third kappa shape index (κ3) is 2.79. The molecular weight excluding hydrogens is 228 g/mol. The fourth-order valence-corrected chi connectivity index (χ4v) is 1.13. The number of hydrogen-bond donors (Lipinski definition) is 0. The lowest BCUT2D eigenvalue weighted by Gasteiger charge is -2.08. The molecule has 88 valence electrons. The molecule has 0 aliphatic rings. The van der Waals surface area contributed by atoms with Crippen molar-refractivity contribution in [2.75, 3.05) is 13.7 Å². The van der Waals surface area contributed by atoms with Gasteiger partial charge in [-0.1, -0.05) is 6.07 Å². The molecule has 0 amide bonds. The molecule has 0 saturated carbocycles. The van der Waals surface area contributed by atoms with Gasteiger partial charge in [0, 0.05) is 12.7 Å². The van der Waals surface area contributed by atoms with Gasteiger partial charge in [-0.05, 0) is 12.1 Å². The first-order chi connectivity index (χ1) is 7.36. The Bertz CT molecular complexity index is 398. The highest BCUT2D eigenvalue weighted by Crippen LogP contribution is 2.31. The van der Waals surface area contributed by atoms with Crippen LogP contribution in [0.1, 0.15) is 15.9 Å². The molecular formula is C10H8F4O2. The fraction of sp³-hybridized carbons (Fsp3) is 0.300. The summed E-state index contributed by atoms with van der Waals surface area (Å²) in [6.07, 6.45) is -4.76. The second kappa shape index (κ2) is 4.61. The van der Waals surface area contributed by atoms with E-state index in [0.717, 1.165) is 6.07 Å². The Labute approximate surface area is 88.8 Å². The van der Waals surface area contributed by atoms with Gasteiger partial charge in [-0.3, -0.25) is 4.79 Å². The second-order valence-corrected chi connectivity index (χ2v) is 3.05. The number of methoxy groups -OCH3 is 1. The molecule has 1 aromatic carbocycles. The van der Waals surface area contributed by atoms with Crippen molar-refractivity contribution >= 4 is 5.78 Å². The molecule has 0 heterocycles. The number of ketones is 1. The maximum absolute atomic E-state index is 13.0. The molecule has 1 rings (SSSR count). The third-order valence-electron chi connectivity index (χ3n) is 1.87. The van der Waals surface area contributed by atoms with Crippen LogP contribution >= 0.6 is 0 Å². The van der Waals surface area contributed by atoms with Crippen LogP contribution in [0, 0.1) is 5.82 Å². The minimum atomic E-state index is -4.76. The topological polar surface area (TPSA) is 26.3 Å². The third-order valence-corrected chi connectivity index (χ3v) is 1.87. The van der Waals surface area contributed by atoms with Crippen molar-refractivity contribution in [1.82, 2.24) is 0 Å². The molecule has 0 atom stereocenters. The predicted octanol–water partition coefficient (Wildman–Crippen LogP) is 2.67. The quantitative estimate of drug-likeness (QED) is 0.595. The molecule has 0 aromatic heterocycles. The van der Waals surface area contributed by atoms with Crippen LogP contribution < -0.4 is 0 Å². The van der Waals surface area contributed by atoms with Crippen molar-refractivity contribution in [3.63, 3.8) is 0 Å². The maximum atomic E-state index is 13.0. The van der Waals surface area contributed by atoms with Gasteiger partial charge < -0.3 is 4.74 Å². The average Bonchev–Trinajstić information content (AvgIpc) is 2.16. The Morgan fingerprint density at radius 1 is 1.38 bits per heavy atom. The number of ether oxygens (including phenoxy) is 1. The minimum Gasteiger partial charge on any atom is -0.377 e. The number of Topliss-reactive ketones (excluding diaryl/α,β-unsaturated/α-hetero) is 1. The minimum absolute atomic E-state index is 0.146. The standard InChI is InChI=1S/C10H8F4O2/c1-16-5-9(15)6-2-3-7(8(11)4-6)10(12,13)14/h2-4H,5H2,1H3. The Morgan fingerprint density at radius 3 is 2.44 bits per heavy atom. The summed E-state index contributed by atoms with van der Waals surface area (Å²) >= 11 is 0. The number of carbonyl (C=O) groups excluding carboxylic acids is 1. The number of hydrogen-bond acceptors (Lipinski definition) is 2. The molecule has 6 heteroatoms. The first-order valence-electron chi connectivity index (χ1n) is 4.25. The van der Waals surface area contributed by atoms with E-state index in [1.54, 1.807) is 0 Å². The second-order valence-electron chi connectivity index (χ2n) is 3.05. The largest absolute Gasteiger partial charge is 0.419 e. The highest BCUT2D eigenvalue weighted by molar-refractivity contribution is 5.97. The van der Waals surface area contributed by atoms with Crippen LogP contribution in [0.15, 0.2) is 18.2 Å². The zero-order valence-electron chi connectivity index (χ0n) is 8.27. The van der Waals surface area contributed by atoms with Gasteiger partial charge in [0.15, 0.2) is 5.78 Å². The van der Waals surface area contributed by atoms with E-state index in [1.165, 1.54) is 7.11 Å². The summed E-state index contributed by atoms with van der Waals surface area (Å²) in [5.74, 6) is -2.04. The SMILES string of the molecule is COCC(=O)c1ccc(C(F)(F)F)c(F)c1. The van der Waals surface area contributed by atoms with Gasteiger partial charge in [-0.25, -0.2) is 4.39 Å². The molecule has 1 aromatic rings. The van der Waals surface area contributed by atoms with E-state index in [-0.39, 0.29) is 12.2 Å². The molecule has 2 nitrogen and oxygen atoms in total. The predicted molar refractivity (Wildman–Crippen MR) is 47.6 cm³/mol. The molecule has 0 N–H and O–H groups in total. The molecule has 0 saturated heterocycles. The van der Waals surface area contributed by atoms with E-state index < -0.39 is 23.3 Å². The summed E-state index contributed by atoms with van der Waals surface area (Å²) in [6.45, 7) is -0.301. The van der Waals surface area contributed by atoms with Crippen molar-refractivity contribution in [2.24, 2.45) is 0 Å². The molecule has 16 heavy (non-hydrogen) atoms. The van der Waals surface area contributed by atoms with Crippen LogP contribution in [0.2, 0.25) is 0 Å². The highest BCUT2D eigenvalue weighted by Gasteiger charge is 2.34. The van der Waals surface area contributed by atoms with Crippen LogP contribution in [-0.2, 0) is 10.9 Å². The molecule has 0 unspecified atom stereocenters. The van der Waals surface area contributed by atoms with Gasteiger partial charge in [0.05, 0.1) is 5.56 Å². The van der Waals surface area contributed by atoms with Crippen molar-refractivity contribution in [1.29, 1.82) is 0 Å². The summed E-state index contributed by atoms with van der Waals surface area (Å²) in [5.41, 5.74) is -1.53. The Morgan fingerprint density at radius 2 is 2.00 bits per heavy atom. The summed E-state index contributed by atoms with van der Waals surface area (Å²) in [7, 11) is 1.26. The highest BCUT2D eigenvalue weighted by atomic mass is 19.4. The number of rotatable bonds is 3. The maximum Gasteiger partial charge on any atom is 0.419 e. The fourth-order valence-electron chi connectivity index (χ4n) is 1.13. The van der Waals surface area contributed by atoms with Crippen LogP contribution in [-0.4, -0.2) is 19.5 Å². The van der Waals surface area contributed by atoms with Crippen molar-refractivity contribution < 1.29 is 27.1 Å². The summed E-state index contributed by atoms with van der Waals surface area (Å²) in [5, 5.41) is 0. The summed E-state index contributed by atoms with van der Waals surface area (Å²) in [6, 6.07) is 2.02. The van der Waals surface area contributed by atoms with Crippen LogP contribution in [0.4, 0.5) is 17.6 Å². The van der Waals surface area contributed by atoms with Gasteiger partial charge in [0.2, 0.25) is 0 Å². The lowest BCUT2D eigenvalue weighted by Crippen LogP contribution is -2.11. The first kappa shape index (κ1) is 12.6. The molecule has 0 spiro atoms. The van der Waals surface area contributed by atoms with Gasteiger partial charge in [0.1, 0.15) is 12.4 Å². The Balaban J connectivity index is 3.05. The first-order valence-corrected chi connectivity index (χ1v) is 4.25. The van der Waals surface area contributed by atoms with Crippen LogP contribution in [0.3, 0.4) is 0 Å². The average molecular weight is 236 g/mol. The summed E-state index contributed by atoms with van der Waals surface area (Å²) in [4.78, 5) is 11.2. The van der Waals surface area contributed by atoms with E-state index >= 15 is 0 Å². The van der Waals surface area contributed by atoms with E-state index in [4.69, 9.17) is 0 Å².